The highest BCUT2D eigenvalue weighted by Crippen LogP contribution is 2.23. The molecule has 172 valence electrons. The first-order valence-corrected chi connectivity index (χ1v) is 9.82. The molecule has 0 bridgehead atoms. The van der Waals surface area contributed by atoms with E-state index in [0.29, 0.717) is 11.4 Å². The van der Waals surface area contributed by atoms with Gasteiger partial charge in [0.05, 0.1) is 18.4 Å². The van der Waals surface area contributed by atoms with Crippen LogP contribution in [-0.4, -0.2) is 43.8 Å². The van der Waals surface area contributed by atoms with Crippen molar-refractivity contribution >= 4 is 46.4 Å². The van der Waals surface area contributed by atoms with Gasteiger partial charge in [-0.25, -0.2) is 14.8 Å². The summed E-state index contributed by atoms with van der Waals surface area (Å²) in [5, 5.41) is 0. The average molecular weight is 453 g/mol. The quantitative estimate of drug-likeness (QED) is 0.254. The molecule has 8 N–H and O–H groups in total. The molecule has 0 saturated heterocycles. The monoisotopic (exact) mass is 453 g/mol. The second-order valence-electron chi connectivity index (χ2n) is 7.13. The SMILES string of the molecule is CC(=O)N(Cc1cnc2nc(N)nc(N)c2n1)c1ccc(OC(=O)C(N)CCC(N)=O)cc1. The summed E-state index contributed by atoms with van der Waals surface area (Å²) in [6.45, 7) is 1.50. The summed E-state index contributed by atoms with van der Waals surface area (Å²) in [6, 6.07) is 5.26. The summed E-state index contributed by atoms with van der Waals surface area (Å²) in [5.41, 5.74) is 23.7. The van der Waals surface area contributed by atoms with Crippen LogP contribution in [0.15, 0.2) is 30.5 Å². The molecule has 3 rings (SSSR count). The topological polar surface area (TPSA) is 219 Å². The van der Waals surface area contributed by atoms with Gasteiger partial charge in [0.25, 0.3) is 0 Å². The van der Waals surface area contributed by atoms with Crippen LogP contribution < -0.4 is 32.6 Å². The molecule has 0 aliphatic rings. The molecule has 0 saturated carbocycles. The van der Waals surface area contributed by atoms with Gasteiger partial charge in [-0.1, -0.05) is 0 Å². The van der Waals surface area contributed by atoms with Crippen LogP contribution in [0.4, 0.5) is 17.5 Å². The van der Waals surface area contributed by atoms with Crippen LogP contribution >= 0.6 is 0 Å². The number of aromatic nitrogens is 4. The molecule has 2 aromatic heterocycles. The summed E-state index contributed by atoms with van der Waals surface area (Å²) < 4.78 is 5.21. The maximum atomic E-state index is 12.3. The zero-order valence-electron chi connectivity index (χ0n) is 17.8. The van der Waals surface area contributed by atoms with Gasteiger partial charge >= 0.3 is 5.97 Å². The Morgan fingerprint density at radius 1 is 1.09 bits per heavy atom. The molecule has 0 aliphatic carbocycles. The van der Waals surface area contributed by atoms with E-state index in [0.717, 1.165) is 0 Å². The average Bonchev–Trinajstić information content (AvgIpc) is 2.76. The van der Waals surface area contributed by atoms with Crippen LogP contribution in [0.5, 0.6) is 5.75 Å². The Balaban J connectivity index is 1.74. The van der Waals surface area contributed by atoms with Crippen LogP contribution in [0.2, 0.25) is 0 Å². The van der Waals surface area contributed by atoms with Gasteiger partial charge in [-0.3, -0.25) is 9.59 Å². The van der Waals surface area contributed by atoms with Gasteiger partial charge in [-0.05, 0) is 30.7 Å². The lowest BCUT2D eigenvalue weighted by Crippen LogP contribution is -2.35. The lowest BCUT2D eigenvalue weighted by molar-refractivity contribution is -0.136. The fourth-order valence-corrected chi connectivity index (χ4v) is 2.91. The molecule has 3 aromatic rings. The van der Waals surface area contributed by atoms with Crippen molar-refractivity contribution in [1.82, 2.24) is 19.9 Å². The minimum absolute atomic E-state index is 0.0120. The van der Waals surface area contributed by atoms with Crippen LogP contribution in [0.1, 0.15) is 25.5 Å². The Morgan fingerprint density at radius 3 is 2.42 bits per heavy atom. The van der Waals surface area contributed by atoms with Crippen molar-refractivity contribution in [2.75, 3.05) is 16.4 Å². The number of esters is 1. The number of nitrogens with two attached hydrogens (primary N) is 4. The summed E-state index contributed by atoms with van der Waals surface area (Å²) in [5.74, 6) is -1.20. The first kappa shape index (κ1) is 23.3. The van der Waals surface area contributed by atoms with Crippen molar-refractivity contribution in [2.24, 2.45) is 11.5 Å². The summed E-state index contributed by atoms with van der Waals surface area (Å²) in [7, 11) is 0. The Labute approximate surface area is 188 Å². The standard InChI is InChI=1S/C20H23N9O4/c1-10(30)29(9-11-8-25-18-16(26-11)17(23)27-20(24)28-18)12-2-4-13(5-3-12)33-19(32)14(21)6-7-15(22)31/h2-5,8,14H,6-7,9,21H2,1H3,(H2,22,31)(H4,23,24,25,27,28). The van der Waals surface area contributed by atoms with Gasteiger partial charge in [0.2, 0.25) is 17.8 Å². The third-order valence-electron chi connectivity index (χ3n) is 4.57. The number of primary amides is 1. The smallest absolute Gasteiger partial charge is 0.328 e. The van der Waals surface area contributed by atoms with Gasteiger partial charge < -0.3 is 32.6 Å². The minimum atomic E-state index is -0.982. The first-order valence-electron chi connectivity index (χ1n) is 9.82. The van der Waals surface area contributed by atoms with Gasteiger partial charge in [-0.2, -0.15) is 9.97 Å². The Bertz CT molecular complexity index is 1200. The van der Waals surface area contributed by atoms with Crippen molar-refractivity contribution in [3.05, 3.63) is 36.2 Å². The molecule has 33 heavy (non-hydrogen) atoms. The van der Waals surface area contributed by atoms with E-state index in [2.05, 4.69) is 19.9 Å². The van der Waals surface area contributed by atoms with E-state index in [1.165, 1.54) is 30.2 Å². The van der Waals surface area contributed by atoms with Crippen LogP contribution in [0.25, 0.3) is 11.2 Å². The van der Waals surface area contributed by atoms with Gasteiger partial charge in [-0.15, -0.1) is 0 Å². The maximum Gasteiger partial charge on any atom is 0.328 e. The van der Waals surface area contributed by atoms with Crippen molar-refractivity contribution in [2.45, 2.75) is 32.4 Å². The van der Waals surface area contributed by atoms with E-state index in [1.807, 2.05) is 0 Å². The van der Waals surface area contributed by atoms with Crippen LogP contribution in [0.3, 0.4) is 0 Å². The first-order chi connectivity index (χ1) is 15.6. The highest BCUT2D eigenvalue weighted by atomic mass is 16.5. The summed E-state index contributed by atoms with van der Waals surface area (Å²) in [6.07, 6.45) is 1.53. The van der Waals surface area contributed by atoms with Gasteiger partial charge in [0.1, 0.15) is 11.8 Å². The minimum Gasteiger partial charge on any atom is -0.425 e. The summed E-state index contributed by atoms with van der Waals surface area (Å²) in [4.78, 5) is 53.0. The fraction of sp³-hybridized carbons (Fsp3) is 0.250. The third kappa shape index (κ3) is 5.86. The van der Waals surface area contributed by atoms with E-state index in [1.54, 1.807) is 12.1 Å². The lowest BCUT2D eigenvalue weighted by atomic mass is 10.1. The molecular weight excluding hydrogens is 430 g/mol. The Hall–Kier alpha value is -4.39. The van der Waals surface area contributed by atoms with Crippen molar-refractivity contribution < 1.29 is 19.1 Å². The van der Waals surface area contributed by atoms with Crippen molar-refractivity contribution in [3.8, 4) is 5.75 Å². The van der Waals surface area contributed by atoms with E-state index in [-0.39, 0.29) is 54.0 Å². The molecular formula is C20H23N9O4. The lowest BCUT2D eigenvalue weighted by Gasteiger charge is -2.21. The Kier molecular flexibility index (Phi) is 6.93. The number of hydrogen-bond acceptors (Lipinski definition) is 11. The van der Waals surface area contributed by atoms with E-state index in [9.17, 15) is 14.4 Å². The van der Waals surface area contributed by atoms with Crippen molar-refractivity contribution in [3.63, 3.8) is 0 Å². The number of anilines is 3. The molecule has 13 heteroatoms. The molecule has 1 aromatic carbocycles. The second-order valence-corrected chi connectivity index (χ2v) is 7.13. The number of nitrogen functional groups attached to an aromatic ring is 2. The molecule has 2 heterocycles. The predicted octanol–water partition coefficient (Wildman–Crippen LogP) is -0.364. The molecule has 1 unspecified atom stereocenters. The highest BCUT2D eigenvalue weighted by molar-refractivity contribution is 5.91. The summed E-state index contributed by atoms with van der Waals surface area (Å²) >= 11 is 0. The molecule has 13 nitrogen and oxygen atoms in total. The second kappa shape index (κ2) is 9.82. The number of fused-ring (bicyclic) bond motifs is 1. The number of rotatable bonds is 8. The van der Waals surface area contributed by atoms with Gasteiger partial charge in [0, 0.05) is 19.0 Å². The Morgan fingerprint density at radius 2 is 1.79 bits per heavy atom. The van der Waals surface area contributed by atoms with Crippen molar-refractivity contribution in [1.29, 1.82) is 0 Å². The number of carbonyl (C=O) groups excluding carboxylic acids is 3. The number of amides is 2. The predicted molar refractivity (Wildman–Crippen MR) is 119 cm³/mol. The molecule has 0 spiro atoms. The normalized spacial score (nSPS) is 11.7. The van der Waals surface area contributed by atoms with Crippen LogP contribution in [0, 0.1) is 0 Å². The van der Waals surface area contributed by atoms with E-state index in [4.69, 9.17) is 27.7 Å². The largest absolute Gasteiger partial charge is 0.425 e. The molecule has 0 fully saturated rings. The van der Waals surface area contributed by atoms with Crippen LogP contribution in [-0.2, 0) is 20.9 Å². The van der Waals surface area contributed by atoms with Gasteiger partial charge in [0.15, 0.2) is 17.0 Å². The van der Waals surface area contributed by atoms with E-state index >= 15 is 0 Å². The molecule has 2 amide bonds. The molecule has 0 aliphatic heterocycles. The highest BCUT2D eigenvalue weighted by Gasteiger charge is 2.18. The fourth-order valence-electron chi connectivity index (χ4n) is 2.91. The third-order valence-corrected chi connectivity index (χ3v) is 4.57. The zero-order chi connectivity index (χ0) is 24.1. The number of benzene rings is 1. The number of hydrogen-bond donors (Lipinski definition) is 4. The number of nitrogens with zero attached hydrogens (tertiary/aromatic N) is 5. The molecule has 0 radical (unpaired) electrons. The zero-order valence-corrected chi connectivity index (χ0v) is 17.8. The molecule has 1 atom stereocenters. The number of carbonyl (C=O) groups is 3. The number of ether oxygens (including phenoxy) is 1. The maximum absolute atomic E-state index is 12.3. The van der Waals surface area contributed by atoms with E-state index < -0.39 is 17.9 Å².